The van der Waals surface area contributed by atoms with Gasteiger partial charge in [0.2, 0.25) is 0 Å². The minimum Gasteiger partial charge on any atom is -0.318 e. The van der Waals surface area contributed by atoms with Crippen molar-refractivity contribution in [1.82, 2.24) is 4.90 Å². The molecule has 1 saturated heterocycles. The van der Waals surface area contributed by atoms with Gasteiger partial charge in [0.1, 0.15) is 0 Å². The number of hydrogen-bond acceptors (Lipinski definition) is 2. The van der Waals surface area contributed by atoms with Gasteiger partial charge in [0.25, 0.3) is 0 Å². The lowest BCUT2D eigenvalue weighted by atomic mass is 10.1. The zero-order valence-electron chi connectivity index (χ0n) is 18.4. The molecule has 0 radical (unpaired) electrons. The SMILES string of the molecule is Cc1ccc(NC(=O)Nc2ccc(N3CCCN(C(C)c4ccccc4)C3=O)cc2)cc1. The summed E-state index contributed by atoms with van der Waals surface area (Å²) >= 11 is 0. The predicted molar refractivity (Wildman–Crippen MR) is 129 cm³/mol. The molecule has 4 amide bonds. The molecule has 4 rings (SSSR count). The highest BCUT2D eigenvalue weighted by atomic mass is 16.2. The molecule has 0 aliphatic carbocycles. The van der Waals surface area contributed by atoms with Crippen LogP contribution in [-0.2, 0) is 0 Å². The van der Waals surface area contributed by atoms with E-state index in [0.717, 1.165) is 35.5 Å². The molecule has 6 nitrogen and oxygen atoms in total. The van der Waals surface area contributed by atoms with Gasteiger partial charge in [0.15, 0.2) is 0 Å². The molecule has 0 saturated carbocycles. The van der Waals surface area contributed by atoms with Crippen LogP contribution in [0.25, 0.3) is 0 Å². The number of anilines is 3. The number of urea groups is 2. The second-order valence-electron chi connectivity index (χ2n) is 8.06. The molecule has 1 fully saturated rings. The Balaban J connectivity index is 1.40. The highest BCUT2D eigenvalue weighted by molar-refractivity contribution is 6.00. The minimum absolute atomic E-state index is 0.00502. The van der Waals surface area contributed by atoms with E-state index in [1.807, 2.05) is 78.6 Å². The van der Waals surface area contributed by atoms with Gasteiger partial charge < -0.3 is 15.5 Å². The molecule has 2 N–H and O–H groups in total. The molecule has 6 heteroatoms. The summed E-state index contributed by atoms with van der Waals surface area (Å²) in [7, 11) is 0. The van der Waals surface area contributed by atoms with E-state index in [1.54, 1.807) is 4.90 Å². The van der Waals surface area contributed by atoms with Crippen LogP contribution < -0.4 is 15.5 Å². The van der Waals surface area contributed by atoms with Crippen LogP contribution in [0.15, 0.2) is 78.9 Å². The topological polar surface area (TPSA) is 64.7 Å². The summed E-state index contributed by atoms with van der Waals surface area (Å²) < 4.78 is 0. The second-order valence-corrected chi connectivity index (χ2v) is 8.06. The molecule has 164 valence electrons. The standard InChI is InChI=1S/C26H28N4O2/c1-19-9-11-22(12-10-19)27-25(31)28-23-13-15-24(16-14-23)30-18-6-17-29(26(30)32)20(2)21-7-4-3-5-8-21/h3-5,7-16,20H,6,17-18H2,1-2H3,(H2,27,28,31). The lowest BCUT2D eigenvalue weighted by Gasteiger charge is -2.39. The Kier molecular flexibility index (Phi) is 6.40. The summed E-state index contributed by atoms with van der Waals surface area (Å²) in [5.41, 5.74) is 4.48. The van der Waals surface area contributed by atoms with Gasteiger partial charge in [-0.25, -0.2) is 9.59 Å². The largest absolute Gasteiger partial charge is 0.324 e. The summed E-state index contributed by atoms with van der Waals surface area (Å²) in [4.78, 5) is 29.2. The Bertz CT molecular complexity index is 1070. The van der Waals surface area contributed by atoms with Crippen molar-refractivity contribution in [3.05, 3.63) is 90.0 Å². The predicted octanol–water partition coefficient (Wildman–Crippen LogP) is 6.03. The third-order valence-electron chi connectivity index (χ3n) is 5.75. The summed E-state index contributed by atoms with van der Waals surface area (Å²) in [6.45, 7) is 5.48. The van der Waals surface area contributed by atoms with E-state index in [2.05, 4.69) is 29.7 Å². The van der Waals surface area contributed by atoms with Crippen LogP contribution in [0.5, 0.6) is 0 Å². The third kappa shape index (κ3) is 4.91. The molecule has 0 spiro atoms. The van der Waals surface area contributed by atoms with Crippen molar-refractivity contribution in [2.75, 3.05) is 28.6 Å². The van der Waals surface area contributed by atoms with Crippen LogP contribution in [-0.4, -0.2) is 30.1 Å². The summed E-state index contributed by atoms with van der Waals surface area (Å²) in [5.74, 6) is 0. The first-order valence-electron chi connectivity index (χ1n) is 10.9. The fourth-order valence-electron chi connectivity index (χ4n) is 3.91. The van der Waals surface area contributed by atoms with Gasteiger partial charge in [-0.3, -0.25) is 4.90 Å². The monoisotopic (exact) mass is 428 g/mol. The summed E-state index contributed by atoms with van der Waals surface area (Å²) in [5, 5.41) is 5.65. The number of rotatable bonds is 5. The van der Waals surface area contributed by atoms with Gasteiger partial charge in [-0.2, -0.15) is 0 Å². The molecule has 3 aromatic rings. The fraction of sp³-hybridized carbons (Fsp3) is 0.231. The van der Waals surface area contributed by atoms with Crippen molar-refractivity contribution in [3.63, 3.8) is 0 Å². The molecule has 1 heterocycles. The maximum absolute atomic E-state index is 13.2. The van der Waals surface area contributed by atoms with Crippen molar-refractivity contribution in [2.24, 2.45) is 0 Å². The average Bonchev–Trinajstić information content (AvgIpc) is 2.81. The highest BCUT2D eigenvalue weighted by Gasteiger charge is 2.30. The van der Waals surface area contributed by atoms with E-state index in [1.165, 1.54) is 0 Å². The van der Waals surface area contributed by atoms with E-state index < -0.39 is 0 Å². The van der Waals surface area contributed by atoms with Crippen LogP contribution in [0.2, 0.25) is 0 Å². The first-order valence-corrected chi connectivity index (χ1v) is 10.9. The first-order chi connectivity index (χ1) is 15.5. The molecule has 1 aliphatic rings. The molecular weight excluding hydrogens is 400 g/mol. The Morgan fingerprint density at radius 1 is 0.844 bits per heavy atom. The smallest absolute Gasteiger partial charge is 0.318 e. The molecule has 3 aromatic carbocycles. The van der Waals surface area contributed by atoms with Gasteiger partial charge >= 0.3 is 12.1 Å². The number of nitrogens with zero attached hydrogens (tertiary/aromatic N) is 2. The molecule has 0 bridgehead atoms. The zero-order valence-corrected chi connectivity index (χ0v) is 18.4. The van der Waals surface area contributed by atoms with Crippen molar-refractivity contribution in [3.8, 4) is 0 Å². The Morgan fingerprint density at radius 2 is 1.44 bits per heavy atom. The number of carbonyl (C=O) groups excluding carboxylic acids is 2. The van der Waals surface area contributed by atoms with E-state index in [0.29, 0.717) is 12.2 Å². The second kappa shape index (κ2) is 9.56. The zero-order chi connectivity index (χ0) is 22.5. The number of hydrogen-bond donors (Lipinski definition) is 2. The van der Waals surface area contributed by atoms with E-state index >= 15 is 0 Å². The normalized spacial score (nSPS) is 14.8. The fourth-order valence-corrected chi connectivity index (χ4v) is 3.91. The molecular formula is C26H28N4O2. The van der Waals surface area contributed by atoms with E-state index in [9.17, 15) is 9.59 Å². The van der Waals surface area contributed by atoms with Crippen molar-refractivity contribution < 1.29 is 9.59 Å². The minimum atomic E-state index is -0.307. The highest BCUT2D eigenvalue weighted by Crippen LogP contribution is 2.28. The van der Waals surface area contributed by atoms with Crippen molar-refractivity contribution >= 4 is 29.1 Å². The van der Waals surface area contributed by atoms with Crippen LogP contribution in [0.1, 0.15) is 30.5 Å². The lowest BCUT2D eigenvalue weighted by Crippen LogP contribution is -2.50. The third-order valence-corrected chi connectivity index (χ3v) is 5.75. The Labute approximate surface area is 188 Å². The molecule has 1 aliphatic heterocycles. The van der Waals surface area contributed by atoms with Gasteiger partial charge in [-0.1, -0.05) is 48.0 Å². The number of carbonyl (C=O) groups is 2. The molecule has 32 heavy (non-hydrogen) atoms. The summed E-state index contributed by atoms with van der Waals surface area (Å²) in [6.07, 6.45) is 0.905. The number of nitrogens with one attached hydrogen (secondary N) is 2. The van der Waals surface area contributed by atoms with Crippen molar-refractivity contribution in [2.45, 2.75) is 26.3 Å². The van der Waals surface area contributed by atoms with Gasteiger partial charge in [0, 0.05) is 30.2 Å². The first kappa shape index (κ1) is 21.4. The number of aryl methyl sites for hydroxylation is 1. The van der Waals surface area contributed by atoms with Gasteiger partial charge in [0.05, 0.1) is 6.04 Å². The van der Waals surface area contributed by atoms with Crippen molar-refractivity contribution in [1.29, 1.82) is 0 Å². The molecule has 0 aromatic heterocycles. The van der Waals surface area contributed by atoms with Crippen LogP contribution in [0, 0.1) is 6.92 Å². The average molecular weight is 429 g/mol. The van der Waals surface area contributed by atoms with Crippen LogP contribution in [0.3, 0.4) is 0 Å². The van der Waals surface area contributed by atoms with E-state index in [-0.39, 0.29) is 18.1 Å². The van der Waals surface area contributed by atoms with Gasteiger partial charge in [-0.15, -0.1) is 0 Å². The summed E-state index contributed by atoms with van der Waals surface area (Å²) in [6, 6.07) is 24.8. The van der Waals surface area contributed by atoms with Crippen LogP contribution in [0.4, 0.5) is 26.7 Å². The van der Waals surface area contributed by atoms with E-state index in [4.69, 9.17) is 0 Å². The maximum Gasteiger partial charge on any atom is 0.324 e. The Morgan fingerprint density at radius 3 is 2.06 bits per heavy atom. The molecule has 1 unspecified atom stereocenters. The quantitative estimate of drug-likeness (QED) is 0.521. The Hall–Kier alpha value is -3.80. The number of amides is 4. The van der Waals surface area contributed by atoms with Gasteiger partial charge in [-0.05, 0) is 62.2 Å². The van der Waals surface area contributed by atoms with Crippen LogP contribution >= 0.6 is 0 Å². The lowest BCUT2D eigenvalue weighted by molar-refractivity contribution is 0.175. The molecule has 1 atom stereocenters. The number of benzene rings is 3. The maximum atomic E-state index is 13.2.